The lowest BCUT2D eigenvalue weighted by Gasteiger charge is -2.13. The maximum atomic E-state index is 5.84. The van der Waals surface area contributed by atoms with Crippen LogP contribution < -0.4 is 5.73 Å². The summed E-state index contributed by atoms with van der Waals surface area (Å²) in [5.41, 5.74) is 5.84. The van der Waals surface area contributed by atoms with Crippen LogP contribution in [0.4, 0.5) is 0 Å². The molecule has 0 bridgehead atoms. The van der Waals surface area contributed by atoms with Crippen molar-refractivity contribution in [3.63, 3.8) is 0 Å². The first kappa shape index (κ1) is 9.19. The molecule has 1 aliphatic heterocycles. The Morgan fingerprint density at radius 2 is 2.54 bits per heavy atom. The number of nitrogens with two attached hydrogens (primary N) is 1. The van der Waals surface area contributed by atoms with Crippen LogP contribution in [0.5, 0.6) is 0 Å². The molecule has 0 amide bonds. The van der Waals surface area contributed by atoms with Crippen molar-refractivity contribution in [1.82, 2.24) is 4.90 Å². The van der Waals surface area contributed by atoms with E-state index in [1.165, 1.54) is 30.8 Å². The average molecular weight is 196 g/mol. The highest BCUT2D eigenvalue weighted by molar-refractivity contribution is 7.09. The van der Waals surface area contributed by atoms with E-state index in [2.05, 4.69) is 22.4 Å². The number of hydrogen-bond acceptors (Lipinski definition) is 3. The van der Waals surface area contributed by atoms with Crippen LogP contribution in [0.2, 0.25) is 0 Å². The molecule has 0 spiro atoms. The van der Waals surface area contributed by atoms with Crippen LogP contribution in [0.3, 0.4) is 0 Å². The molecule has 2 heterocycles. The van der Waals surface area contributed by atoms with Crippen molar-refractivity contribution in [3.8, 4) is 0 Å². The van der Waals surface area contributed by atoms with Gasteiger partial charge in [0.05, 0.1) is 0 Å². The summed E-state index contributed by atoms with van der Waals surface area (Å²) in [5.74, 6) is 0. The Morgan fingerprint density at radius 1 is 1.62 bits per heavy atom. The molecule has 2 N–H and O–H groups in total. The van der Waals surface area contributed by atoms with Crippen LogP contribution in [0.25, 0.3) is 0 Å². The van der Waals surface area contributed by atoms with Gasteiger partial charge in [-0.1, -0.05) is 6.07 Å². The molecule has 13 heavy (non-hydrogen) atoms. The minimum Gasteiger partial charge on any atom is -0.326 e. The highest BCUT2D eigenvalue weighted by atomic mass is 32.1. The van der Waals surface area contributed by atoms with Gasteiger partial charge in [-0.05, 0) is 30.8 Å². The Balaban J connectivity index is 1.74. The third-order valence-corrected chi connectivity index (χ3v) is 3.50. The number of rotatable bonds is 3. The summed E-state index contributed by atoms with van der Waals surface area (Å²) in [7, 11) is 0. The molecule has 0 aliphatic carbocycles. The van der Waals surface area contributed by atoms with E-state index in [-0.39, 0.29) is 0 Å². The Kier molecular flexibility index (Phi) is 2.98. The maximum absolute atomic E-state index is 5.84. The first-order valence-corrected chi connectivity index (χ1v) is 5.73. The van der Waals surface area contributed by atoms with Crippen LogP contribution in [0.1, 0.15) is 11.3 Å². The average Bonchev–Trinajstić information content (AvgIpc) is 2.71. The van der Waals surface area contributed by atoms with E-state index in [1.807, 2.05) is 11.3 Å². The van der Waals surface area contributed by atoms with E-state index in [4.69, 9.17) is 5.73 Å². The smallest absolute Gasteiger partial charge is 0.0180 e. The summed E-state index contributed by atoms with van der Waals surface area (Å²) in [6.45, 7) is 3.45. The fourth-order valence-corrected chi connectivity index (χ4v) is 2.49. The van der Waals surface area contributed by atoms with Gasteiger partial charge < -0.3 is 10.6 Å². The summed E-state index contributed by atoms with van der Waals surface area (Å²) >= 11 is 1.85. The molecule has 0 saturated carbocycles. The highest BCUT2D eigenvalue weighted by Gasteiger charge is 2.18. The van der Waals surface area contributed by atoms with Gasteiger partial charge in [-0.25, -0.2) is 0 Å². The van der Waals surface area contributed by atoms with Crippen molar-refractivity contribution in [2.45, 2.75) is 18.9 Å². The molecular formula is C10H16N2S. The number of thiophene rings is 1. The third kappa shape index (κ3) is 2.53. The van der Waals surface area contributed by atoms with Crippen molar-refractivity contribution < 1.29 is 0 Å². The van der Waals surface area contributed by atoms with Crippen LogP contribution in [0.15, 0.2) is 17.5 Å². The van der Waals surface area contributed by atoms with Gasteiger partial charge >= 0.3 is 0 Å². The number of likely N-dealkylation sites (tertiary alicyclic amines) is 1. The van der Waals surface area contributed by atoms with Crippen molar-refractivity contribution >= 4 is 11.3 Å². The molecule has 72 valence electrons. The van der Waals surface area contributed by atoms with Gasteiger partial charge in [0.25, 0.3) is 0 Å². The van der Waals surface area contributed by atoms with E-state index in [1.54, 1.807) is 0 Å². The lowest BCUT2D eigenvalue weighted by Crippen LogP contribution is -2.28. The van der Waals surface area contributed by atoms with E-state index in [0.29, 0.717) is 6.04 Å². The zero-order valence-corrected chi connectivity index (χ0v) is 8.59. The largest absolute Gasteiger partial charge is 0.326 e. The maximum Gasteiger partial charge on any atom is 0.0180 e. The normalized spacial score (nSPS) is 23.9. The standard InChI is InChI=1S/C10H16N2S/c11-9-3-5-12(8-9)6-4-10-2-1-7-13-10/h1-2,7,9H,3-6,8,11H2. The SMILES string of the molecule is NC1CCN(CCc2cccs2)C1. The van der Waals surface area contributed by atoms with Gasteiger partial charge in [-0.2, -0.15) is 0 Å². The molecule has 3 heteroatoms. The first-order valence-electron chi connectivity index (χ1n) is 4.85. The number of nitrogens with zero attached hydrogens (tertiary/aromatic N) is 1. The summed E-state index contributed by atoms with van der Waals surface area (Å²) in [4.78, 5) is 3.95. The zero-order chi connectivity index (χ0) is 9.10. The second kappa shape index (κ2) is 4.22. The minimum atomic E-state index is 0.420. The topological polar surface area (TPSA) is 29.3 Å². The van der Waals surface area contributed by atoms with E-state index in [0.717, 1.165) is 6.54 Å². The summed E-state index contributed by atoms with van der Waals surface area (Å²) in [5, 5.41) is 2.14. The second-order valence-corrected chi connectivity index (χ2v) is 4.71. The molecule has 1 aliphatic rings. The minimum absolute atomic E-state index is 0.420. The van der Waals surface area contributed by atoms with Gasteiger partial charge in [-0.15, -0.1) is 11.3 Å². The summed E-state index contributed by atoms with van der Waals surface area (Å²) < 4.78 is 0. The first-order chi connectivity index (χ1) is 6.34. The van der Waals surface area contributed by atoms with Crippen molar-refractivity contribution in [2.24, 2.45) is 5.73 Å². The molecular weight excluding hydrogens is 180 g/mol. The fourth-order valence-electron chi connectivity index (χ4n) is 1.79. The Morgan fingerprint density at radius 3 is 3.15 bits per heavy atom. The molecule has 1 saturated heterocycles. The number of hydrogen-bond donors (Lipinski definition) is 1. The van der Waals surface area contributed by atoms with Crippen molar-refractivity contribution in [1.29, 1.82) is 0 Å². The summed E-state index contributed by atoms with van der Waals surface area (Å²) in [6, 6.07) is 4.75. The predicted octanol–water partition coefficient (Wildman–Crippen LogP) is 1.32. The van der Waals surface area contributed by atoms with Crippen molar-refractivity contribution in [2.75, 3.05) is 19.6 Å². The van der Waals surface area contributed by atoms with Crippen molar-refractivity contribution in [3.05, 3.63) is 22.4 Å². The van der Waals surface area contributed by atoms with E-state index >= 15 is 0 Å². The lowest BCUT2D eigenvalue weighted by molar-refractivity contribution is 0.340. The van der Waals surface area contributed by atoms with Gasteiger partial charge in [0, 0.05) is 24.0 Å². The highest BCUT2D eigenvalue weighted by Crippen LogP contribution is 2.12. The molecule has 2 nitrogen and oxygen atoms in total. The molecule has 1 atom stereocenters. The lowest BCUT2D eigenvalue weighted by atomic mass is 10.3. The third-order valence-electron chi connectivity index (χ3n) is 2.56. The van der Waals surface area contributed by atoms with Crippen LogP contribution in [-0.2, 0) is 6.42 Å². The van der Waals surface area contributed by atoms with Crippen LogP contribution >= 0.6 is 11.3 Å². The predicted molar refractivity (Wildman–Crippen MR) is 57.1 cm³/mol. The summed E-state index contributed by atoms with van der Waals surface area (Å²) in [6.07, 6.45) is 2.36. The fraction of sp³-hybridized carbons (Fsp3) is 0.600. The van der Waals surface area contributed by atoms with E-state index in [9.17, 15) is 0 Å². The Labute approximate surface area is 83.4 Å². The molecule has 0 radical (unpaired) electrons. The molecule has 1 aromatic heterocycles. The van der Waals surface area contributed by atoms with Gasteiger partial charge in [-0.3, -0.25) is 0 Å². The zero-order valence-electron chi connectivity index (χ0n) is 7.78. The quantitative estimate of drug-likeness (QED) is 0.790. The van der Waals surface area contributed by atoms with E-state index < -0.39 is 0 Å². The Hall–Kier alpha value is -0.380. The second-order valence-electron chi connectivity index (χ2n) is 3.68. The molecule has 1 unspecified atom stereocenters. The van der Waals surface area contributed by atoms with Gasteiger partial charge in [0.15, 0.2) is 0 Å². The molecule has 1 aromatic rings. The van der Waals surface area contributed by atoms with Crippen LogP contribution in [-0.4, -0.2) is 30.6 Å². The molecule has 1 fully saturated rings. The van der Waals surface area contributed by atoms with Gasteiger partial charge in [0.2, 0.25) is 0 Å². The van der Waals surface area contributed by atoms with Gasteiger partial charge in [0.1, 0.15) is 0 Å². The van der Waals surface area contributed by atoms with Crippen LogP contribution in [0, 0.1) is 0 Å². The monoisotopic (exact) mass is 196 g/mol. The molecule has 2 rings (SSSR count). The Bertz CT molecular complexity index is 245. The molecule has 0 aromatic carbocycles.